The fourth-order valence-electron chi connectivity index (χ4n) is 5.66. The monoisotopic (exact) mass is 786 g/mol. The van der Waals surface area contributed by atoms with Gasteiger partial charge in [0.2, 0.25) is 11.6 Å². The minimum absolute atomic E-state index is 0.424. The van der Waals surface area contributed by atoms with Crippen molar-refractivity contribution >= 4 is 21.6 Å². The Labute approximate surface area is 328 Å². The van der Waals surface area contributed by atoms with E-state index in [4.69, 9.17) is 39.3 Å². The highest BCUT2D eigenvalue weighted by atomic mass is 33.1. The SMILES string of the molecule is COc1ccc(Cn2nnc(-c3cnn(-c4ccc(OC)cc4)c3SSc3c(-c4nnn(Cc5ccc(OC)cc5)n4)cnn3-c3ccc(OC)cc3)n2)cc1. The molecule has 0 aliphatic carbocycles. The summed E-state index contributed by atoms with van der Waals surface area (Å²) in [5.41, 5.74) is 5.03. The van der Waals surface area contributed by atoms with Crippen molar-refractivity contribution in [2.75, 3.05) is 28.4 Å². The van der Waals surface area contributed by atoms with Crippen molar-refractivity contribution in [3.05, 3.63) is 121 Å². The van der Waals surface area contributed by atoms with Crippen LogP contribution in [0.15, 0.2) is 120 Å². The van der Waals surface area contributed by atoms with E-state index in [-0.39, 0.29) is 0 Å². The summed E-state index contributed by atoms with van der Waals surface area (Å²) in [6.45, 7) is 0.856. The molecule has 18 heteroatoms. The number of benzene rings is 4. The smallest absolute Gasteiger partial charge is 0.209 e. The highest BCUT2D eigenvalue weighted by molar-refractivity contribution is 8.76. The second-order valence-corrected chi connectivity index (χ2v) is 14.2. The van der Waals surface area contributed by atoms with Crippen molar-refractivity contribution < 1.29 is 18.9 Å². The Morgan fingerprint density at radius 3 is 1.14 bits per heavy atom. The Morgan fingerprint density at radius 2 is 0.804 bits per heavy atom. The normalized spacial score (nSPS) is 11.1. The van der Waals surface area contributed by atoms with Gasteiger partial charge < -0.3 is 18.9 Å². The molecule has 0 aliphatic heterocycles. The molecule has 0 N–H and O–H groups in total. The van der Waals surface area contributed by atoms with Gasteiger partial charge in [0.05, 0.1) is 76.4 Å². The Balaban J connectivity index is 1.14. The number of tetrazole rings is 2. The van der Waals surface area contributed by atoms with Crippen molar-refractivity contribution in [1.29, 1.82) is 0 Å². The minimum Gasteiger partial charge on any atom is -0.497 e. The van der Waals surface area contributed by atoms with Gasteiger partial charge in [-0.15, -0.1) is 20.4 Å². The van der Waals surface area contributed by atoms with Crippen LogP contribution in [0.2, 0.25) is 0 Å². The van der Waals surface area contributed by atoms with Crippen LogP contribution in [0.5, 0.6) is 23.0 Å². The summed E-state index contributed by atoms with van der Waals surface area (Å²) in [5.74, 6) is 3.86. The number of aromatic nitrogens is 12. The van der Waals surface area contributed by atoms with Crippen LogP contribution >= 0.6 is 21.6 Å². The summed E-state index contributed by atoms with van der Waals surface area (Å²) >= 11 is 0. The van der Waals surface area contributed by atoms with E-state index in [0.29, 0.717) is 35.9 Å². The topological polar surface area (TPSA) is 160 Å². The van der Waals surface area contributed by atoms with Crippen molar-refractivity contribution in [3.8, 4) is 57.1 Å². The minimum atomic E-state index is 0.424. The zero-order valence-electron chi connectivity index (χ0n) is 30.6. The van der Waals surface area contributed by atoms with Gasteiger partial charge in [-0.2, -0.15) is 19.8 Å². The first-order valence-electron chi connectivity index (χ1n) is 17.1. The molecule has 0 atom stereocenters. The van der Waals surface area contributed by atoms with E-state index in [1.165, 1.54) is 21.6 Å². The van der Waals surface area contributed by atoms with Gasteiger partial charge in [0.15, 0.2) is 0 Å². The average Bonchev–Trinajstić information content (AvgIpc) is 4.08. The first kappa shape index (κ1) is 36.3. The molecule has 0 saturated heterocycles. The number of hydrogen-bond donors (Lipinski definition) is 0. The number of nitrogens with zero attached hydrogens (tertiary/aromatic N) is 12. The van der Waals surface area contributed by atoms with Crippen LogP contribution in [0, 0.1) is 0 Å². The Kier molecular flexibility index (Phi) is 10.6. The predicted octanol–water partition coefficient (Wildman–Crippen LogP) is 6.30. The van der Waals surface area contributed by atoms with E-state index in [0.717, 1.165) is 55.6 Å². The van der Waals surface area contributed by atoms with Gasteiger partial charge in [0.25, 0.3) is 0 Å². The van der Waals surface area contributed by atoms with Crippen LogP contribution in [0.25, 0.3) is 34.2 Å². The molecule has 0 fully saturated rings. The maximum Gasteiger partial charge on any atom is 0.209 e. The van der Waals surface area contributed by atoms with E-state index in [9.17, 15) is 0 Å². The van der Waals surface area contributed by atoms with Crippen molar-refractivity contribution in [1.82, 2.24) is 60.0 Å². The molecule has 0 aliphatic rings. The number of ether oxygens (including phenoxy) is 4. The summed E-state index contributed by atoms with van der Waals surface area (Å²) < 4.78 is 25.1. The second-order valence-electron chi connectivity index (χ2n) is 12.1. The molecule has 8 aromatic rings. The van der Waals surface area contributed by atoms with E-state index >= 15 is 0 Å². The molecule has 0 amide bonds. The third-order valence-corrected chi connectivity index (χ3v) is 11.0. The lowest BCUT2D eigenvalue weighted by atomic mass is 10.2. The largest absolute Gasteiger partial charge is 0.497 e. The van der Waals surface area contributed by atoms with E-state index < -0.39 is 0 Å². The van der Waals surface area contributed by atoms with Crippen LogP contribution in [0.3, 0.4) is 0 Å². The lowest BCUT2D eigenvalue weighted by Crippen LogP contribution is -2.04. The fourth-order valence-corrected chi connectivity index (χ4v) is 8.17. The number of methoxy groups -OCH3 is 4. The van der Waals surface area contributed by atoms with Crippen LogP contribution in [-0.2, 0) is 13.1 Å². The fraction of sp³-hybridized carbons (Fsp3) is 0.158. The zero-order valence-corrected chi connectivity index (χ0v) is 32.3. The Morgan fingerprint density at radius 1 is 0.464 bits per heavy atom. The highest BCUT2D eigenvalue weighted by Crippen LogP contribution is 2.46. The molecule has 56 heavy (non-hydrogen) atoms. The molecule has 0 unspecified atom stereocenters. The standard InChI is InChI=1S/C38H34N12O4S2/c1-51-29-13-5-25(6-14-29)23-47-43-35(41-45-47)33-21-39-49(27-9-17-31(53-3)18-10-27)37(33)55-56-38-34(22-40-50(38)28-11-19-32(54-4)20-12-28)36-42-46-48(44-36)24-26-7-15-30(52-2)16-8-26/h5-22H,23-24H2,1-4H3. The summed E-state index contributed by atoms with van der Waals surface area (Å²) in [6, 6.07) is 30.8. The van der Waals surface area contributed by atoms with Gasteiger partial charge in [0, 0.05) is 0 Å². The molecule has 0 bridgehead atoms. The van der Waals surface area contributed by atoms with Crippen molar-refractivity contribution in [2.24, 2.45) is 0 Å². The number of rotatable bonds is 15. The molecular formula is C38H34N12O4S2. The molecule has 4 aromatic heterocycles. The van der Waals surface area contributed by atoms with E-state index in [1.54, 1.807) is 50.4 Å². The van der Waals surface area contributed by atoms with Gasteiger partial charge in [0.1, 0.15) is 33.0 Å². The summed E-state index contributed by atoms with van der Waals surface area (Å²) in [5, 5.41) is 38.2. The maximum absolute atomic E-state index is 5.42. The highest BCUT2D eigenvalue weighted by Gasteiger charge is 2.24. The van der Waals surface area contributed by atoms with Crippen molar-refractivity contribution in [2.45, 2.75) is 23.1 Å². The van der Waals surface area contributed by atoms with Crippen molar-refractivity contribution in [3.63, 3.8) is 0 Å². The summed E-state index contributed by atoms with van der Waals surface area (Å²) in [4.78, 5) is 3.11. The van der Waals surface area contributed by atoms with Crippen LogP contribution < -0.4 is 18.9 Å². The molecule has 16 nitrogen and oxygen atoms in total. The first-order chi connectivity index (χ1) is 27.5. The van der Waals surface area contributed by atoms with Gasteiger partial charge in [-0.25, -0.2) is 9.36 Å². The third-order valence-electron chi connectivity index (χ3n) is 8.64. The zero-order chi connectivity index (χ0) is 38.4. The third kappa shape index (κ3) is 7.78. The lowest BCUT2D eigenvalue weighted by Gasteiger charge is -2.11. The van der Waals surface area contributed by atoms with Gasteiger partial charge >= 0.3 is 0 Å². The van der Waals surface area contributed by atoms with E-state index in [2.05, 4.69) is 20.6 Å². The molecule has 282 valence electrons. The molecule has 0 saturated carbocycles. The Bertz CT molecular complexity index is 2350. The quantitative estimate of drug-likeness (QED) is 0.107. The predicted molar refractivity (Wildman–Crippen MR) is 210 cm³/mol. The molecule has 4 aromatic carbocycles. The Hall–Kier alpha value is -6.66. The number of hydrogen-bond acceptors (Lipinski definition) is 14. The molecule has 0 spiro atoms. The van der Waals surface area contributed by atoms with Crippen LogP contribution in [0.4, 0.5) is 0 Å². The van der Waals surface area contributed by atoms with Crippen LogP contribution in [-0.4, -0.2) is 88.4 Å². The lowest BCUT2D eigenvalue weighted by molar-refractivity contribution is 0.414. The summed E-state index contributed by atoms with van der Waals surface area (Å²) in [6.07, 6.45) is 3.49. The first-order valence-corrected chi connectivity index (χ1v) is 19.3. The van der Waals surface area contributed by atoms with Crippen LogP contribution in [0.1, 0.15) is 11.1 Å². The van der Waals surface area contributed by atoms with Gasteiger partial charge in [-0.1, -0.05) is 24.3 Å². The van der Waals surface area contributed by atoms with Gasteiger partial charge in [-0.05, 0) is 116 Å². The summed E-state index contributed by atoms with van der Waals surface area (Å²) in [7, 11) is 9.49. The average molecular weight is 787 g/mol. The molecule has 0 radical (unpaired) electrons. The molecule has 8 rings (SSSR count). The second kappa shape index (κ2) is 16.4. The molecule has 4 heterocycles. The van der Waals surface area contributed by atoms with E-state index in [1.807, 2.05) is 106 Å². The molecular weight excluding hydrogens is 753 g/mol. The maximum atomic E-state index is 5.42. The van der Waals surface area contributed by atoms with Gasteiger partial charge in [-0.3, -0.25) is 0 Å².